The first-order valence-electron chi connectivity index (χ1n) is 8.80. The number of nitrogens with one attached hydrogen (secondary N) is 1. The van der Waals surface area contributed by atoms with Gasteiger partial charge in [0.25, 0.3) is 0 Å². The zero-order valence-electron chi connectivity index (χ0n) is 15.1. The lowest BCUT2D eigenvalue weighted by Crippen LogP contribution is -2.17. The Morgan fingerprint density at radius 3 is 2.75 bits per heavy atom. The molecule has 0 saturated heterocycles. The molecule has 2 aromatic rings. The maximum atomic E-state index is 13.2. The first kappa shape index (κ1) is 20.7. The van der Waals surface area contributed by atoms with Crippen LogP contribution in [-0.4, -0.2) is 24.9 Å². The van der Waals surface area contributed by atoms with Gasteiger partial charge in [0.15, 0.2) is 0 Å². The van der Waals surface area contributed by atoms with E-state index in [1.807, 2.05) is 6.92 Å². The fourth-order valence-corrected chi connectivity index (χ4v) is 4.49. The van der Waals surface area contributed by atoms with Gasteiger partial charge in [0, 0.05) is 35.0 Å². The molecule has 1 unspecified atom stereocenters. The first-order chi connectivity index (χ1) is 13.3. The molecule has 1 aromatic heterocycles. The third-order valence-electron chi connectivity index (χ3n) is 4.71. The Morgan fingerprint density at radius 1 is 1.36 bits per heavy atom. The Kier molecular flexibility index (Phi) is 6.00. The van der Waals surface area contributed by atoms with Crippen molar-refractivity contribution in [3.63, 3.8) is 0 Å². The van der Waals surface area contributed by atoms with E-state index < -0.39 is 20.5 Å². The van der Waals surface area contributed by atoms with E-state index in [1.165, 1.54) is 18.5 Å². The molecule has 0 radical (unpaired) electrons. The van der Waals surface area contributed by atoms with Gasteiger partial charge in [-0.1, -0.05) is 31.4 Å². The van der Waals surface area contributed by atoms with Crippen LogP contribution < -0.4 is 4.74 Å². The summed E-state index contributed by atoms with van der Waals surface area (Å²) in [6.45, 7) is 2.01. The minimum absolute atomic E-state index is 0.0360. The molecular weight excluding hydrogens is 410 g/mol. The van der Waals surface area contributed by atoms with Gasteiger partial charge in [0.05, 0.1) is 16.1 Å². The third kappa shape index (κ3) is 3.89. The molecule has 1 heterocycles. The topological polar surface area (TPSA) is 80.1 Å². The Morgan fingerprint density at radius 2 is 2.11 bits per heavy atom. The highest BCUT2D eigenvalue weighted by molar-refractivity contribution is 7.91. The molecule has 1 aliphatic rings. The summed E-state index contributed by atoms with van der Waals surface area (Å²) in [6.07, 6.45) is 5.69. The molecule has 0 fully saturated rings. The van der Waals surface area contributed by atoms with Crippen LogP contribution in [0.1, 0.15) is 37.3 Å². The van der Waals surface area contributed by atoms with Crippen LogP contribution in [0.5, 0.6) is 11.5 Å². The molecule has 150 valence electrons. The summed E-state index contributed by atoms with van der Waals surface area (Å²) in [5, 5.41) is 8.80. The average Bonchev–Trinajstić information content (AvgIpc) is 2.97. The quantitative estimate of drug-likeness (QED) is 0.652. The van der Waals surface area contributed by atoms with Gasteiger partial charge in [0.2, 0.25) is 9.84 Å². The minimum Gasteiger partial charge on any atom is -0.455 e. The van der Waals surface area contributed by atoms with Gasteiger partial charge in [-0.15, -0.1) is 0 Å². The fraction of sp³-hybridized carbons (Fsp3) is 0.368. The van der Waals surface area contributed by atoms with Crippen LogP contribution in [-0.2, 0) is 16.3 Å². The number of pyridine rings is 1. The zero-order chi connectivity index (χ0) is 20.5. The van der Waals surface area contributed by atoms with Gasteiger partial charge in [0.1, 0.15) is 11.5 Å². The molecule has 9 heteroatoms. The molecule has 28 heavy (non-hydrogen) atoms. The lowest BCUT2D eigenvalue weighted by molar-refractivity contribution is 0.234. The molecule has 3 rings (SSSR count). The van der Waals surface area contributed by atoms with Crippen molar-refractivity contribution < 1.29 is 21.9 Å². The number of aromatic nitrogens is 1. The van der Waals surface area contributed by atoms with Gasteiger partial charge in [-0.2, -0.15) is 8.78 Å². The van der Waals surface area contributed by atoms with Crippen molar-refractivity contribution in [1.82, 2.24) is 4.98 Å². The number of hydrogen-bond donors (Lipinski definition) is 1. The Balaban J connectivity index is 2.09. The van der Waals surface area contributed by atoms with Gasteiger partial charge in [-0.05, 0) is 25.0 Å². The van der Waals surface area contributed by atoms with E-state index in [-0.39, 0.29) is 17.2 Å². The summed E-state index contributed by atoms with van der Waals surface area (Å²) in [5.41, 5.74) is 0.555. The van der Waals surface area contributed by atoms with Gasteiger partial charge < -0.3 is 10.1 Å². The second-order valence-corrected chi connectivity index (χ2v) is 8.94. The summed E-state index contributed by atoms with van der Waals surface area (Å²) in [6, 6.07) is 3.98. The number of alkyl halides is 2. The number of hydrogen-bond acceptors (Lipinski definition) is 5. The molecular formula is C19H19ClF2N2O3S. The summed E-state index contributed by atoms with van der Waals surface area (Å²) >= 11 is 5.91. The molecule has 0 amide bonds. The largest absolute Gasteiger partial charge is 0.455 e. The van der Waals surface area contributed by atoms with Crippen molar-refractivity contribution in [1.29, 1.82) is 5.41 Å². The summed E-state index contributed by atoms with van der Waals surface area (Å²) in [5.74, 6) is -3.13. The second kappa shape index (κ2) is 8.13. The molecule has 0 spiro atoms. The number of unbranched alkanes of at least 4 members (excludes halogenated alkanes) is 1. The van der Waals surface area contributed by atoms with Crippen molar-refractivity contribution >= 4 is 27.1 Å². The highest BCUT2D eigenvalue weighted by Gasteiger charge is 2.38. The monoisotopic (exact) mass is 428 g/mol. The standard InChI is InChI=1S/C19H19ClF2N2O3S/c1-2-3-4-11-7-14-15(27-13-8-12(20)9-24-10-13)5-6-16(17(14)18(11)23)28(25,26)19(21)22/h5-6,8-11,19,23H,2-4,7H2,1H3. The smallest absolute Gasteiger partial charge is 0.341 e. The van der Waals surface area contributed by atoms with Crippen LogP contribution in [0.4, 0.5) is 8.78 Å². The van der Waals surface area contributed by atoms with Crippen LogP contribution in [0.25, 0.3) is 0 Å². The minimum atomic E-state index is -4.84. The van der Waals surface area contributed by atoms with Crippen molar-refractivity contribution in [3.05, 3.63) is 46.7 Å². The van der Waals surface area contributed by atoms with Crippen LogP contribution >= 0.6 is 11.6 Å². The zero-order valence-corrected chi connectivity index (χ0v) is 16.7. The van der Waals surface area contributed by atoms with Crippen LogP contribution in [0.2, 0.25) is 5.02 Å². The summed E-state index contributed by atoms with van der Waals surface area (Å²) in [4.78, 5) is 3.41. The first-order valence-corrected chi connectivity index (χ1v) is 10.7. The Hall–Kier alpha value is -2.06. The molecule has 0 saturated carbocycles. The van der Waals surface area contributed by atoms with Crippen LogP contribution in [0.15, 0.2) is 35.5 Å². The molecule has 5 nitrogen and oxygen atoms in total. The number of ether oxygens (including phenoxy) is 1. The van der Waals surface area contributed by atoms with E-state index in [0.717, 1.165) is 18.9 Å². The molecule has 1 atom stereocenters. The van der Waals surface area contributed by atoms with Crippen molar-refractivity contribution in [2.24, 2.45) is 5.92 Å². The number of nitrogens with zero attached hydrogens (tertiary/aromatic N) is 1. The predicted molar refractivity (Wildman–Crippen MR) is 103 cm³/mol. The van der Waals surface area contributed by atoms with Crippen molar-refractivity contribution in [3.8, 4) is 11.5 Å². The maximum Gasteiger partial charge on any atom is 0.341 e. The maximum absolute atomic E-state index is 13.2. The number of benzene rings is 1. The van der Waals surface area contributed by atoms with Crippen LogP contribution in [0.3, 0.4) is 0 Å². The lowest BCUT2D eigenvalue weighted by atomic mass is 9.97. The normalized spacial score (nSPS) is 16.5. The predicted octanol–water partition coefficient (Wildman–Crippen LogP) is 5.25. The fourth-order valence-electron chi connectivity index (χ4n) is 3.36. The van der Waals surface area contributed by atoms with Crippen molar-refractivity contribution in [2.45, 2.75) is 43.3 Å². The molecule has 1 aromatic carbocycles. The third-order valence-corrected chi connectivity index (χ3v) is 6.34. The van der Waals surface area contributed by atoms with Crippen molar-refractivity contribution in [2.75, 3.05) is 0 Å². The van der Waals surface area contributed by atoms with E-state index in [2.05, 4.69) is 4.98 Å². The molecule has 0 bridgehead atoms. The average molecular weight is 429 g/mol. The summed E-state index contributed by atoms with van der Waals surface area (Å²) in [7, 11) is -4.84. The highest BCUT2D eigenvalue weighted by Crippen LogP contribution is 2.42. The number of halogens is 3. The van der Waals surface area contributed by atoms with E-state index in [4.69, 9.17) is 21.7 Å². The number of rotatable bonds is 7. The Bertz CT molecular complexity index is 1010. The molecule has 0 aliphatic heterocycles. The van der Waals surface area contributed by atoms with Gasteiger partial charge in [-0.25, -0.2) is 8.42 Å². The van der Waals surface area contributed by atoms with E-state index in [0.29, 0.717) is 34.9 Å². The SMILES string of the molecule is CCCCC1Cc2c(Oc3cncc(Cl)c3)ccc(S(=O)(=O)C(F)F)c2C1=N. The Labute approximate surface area is 167 Å². The van der Waals surface area contributed by atoms with E-state index in [9.17, 15) is 17.2 Å². The molecule has 1 aliphatic carbocycles. The number of sulfone groups is 1. The summed E-state index contributed by atoms with van der Waals surface area (Å²) < 4.78 is 56.5. The van der Waals surface area contributed by atoms with Gasteiger partial charge >= 0.3 is 5.76 Å². The van der Waals surface area contributed by atoms with Crippen LogP contribution in [0, 0.1) is 11.3 Å². The van der Waals surface area contributed by atoms with Gasteiger partial charge in [-0.3, -0.25) is 4.98 Å². The lowest BCUT2D eigenvalue weighted by Gasteiger charge is -2.14. The van der Waals surface area contributed by atoms with E-state index >= 15 is 0 Å². The van der Waals surface area contributed by atoms with E-state index in [1.54, 1.807) is 6.07 Å². The highest BCUT2D eigenvalue weighted by atomic mass is 35.5. The molecule has 1 N–H and O–H groups in total. The second-order valence-electron chi connectivity index (χ2n) is 6.62. The number of fused-ring (bicyclic) bond motifs is 1.